The number of benzene rings is 1. The third-order valence-corrected chi connectivity index (χ3v) is 3.87. The Labute approximate surface area is 136 Å². The van der Waals surface area contributed by atoms with Crippen molar-refractivity contribution in [3.05, 3.63) is 51.3 Å². The highest BCUT2D eigenvalue weighted by Gasteiger charge is 2.10. The van der Waals surface area contributed by atoms with E-state index in [9.17, 15) is 4.39 Å². The highest BCUT2D eigenvalue weighted by atomic mass is 79.9. The molecule has 1 atom stereocenters. The Hall–Kier alpha value is -1.17. The average molecular weight is 374 g/mol. The topological polar surface area (TPSA) is 34.1 Å². The molecule has 0 aliphatic heterocycles. The lowest BCUT2D eigenvalue weighted by Crippen LogP contribution is -2.17. The van der Waals surface area contributed by atoms with Crippen molar-refractivity contribution < 1.29 is 9.13 Å². The first kappa shape index (κ1) is 16.2. The molecule has 0 radical (unpaired) electrons. The summed E-state index contributed by atoms with van der Waals surface area (Å²) >= 11 is 8.97. The molecular weight excluding hydrogens is 359 g/mol. The van der Waals surface area contributed by atoms with Crippen LogP contribution in [0.15, 0.2) is 34.9 Å². The molecule has 1 aromatic heterocycles. The number of nitrogens with one attached hydrogen (secondary N) is 1. The minimum atomic E-state index is -0.535. The van der Waals surface area contributed by atoms with Crippen LogP contribution >= 0.6 is 27.5 Å². The summed E-state index contributed by atoms with van der Waals surface area (Å²) in [5.74, 6) is 0.189. The SMILES string of the molecule is CCNC(C)c1ccc(Oc2cc(F)c(Cl)cc2Br)nc1. The zero-order valence-corrected chi connectivity index (χ0v) is 14.0. The van der Waals surface area contributed by atoms with Gasteiger partial charge in [0, 0.05) is 24.4 Å². The van der Waals surface area contributed by atoms with Gasteiger partial charge in [-0.15, -0.1) is 0 Å². The molecule has 0 amide bonds. The lowest BCUT2D eigenvalue weighted by Gasteiger charge is -2.13. The molecule has 6 heteroatoms. The third kappa shape index (κ3) is 4.15. The number of halogens is 3. The van der Waals surface area contributed by atoms with Crippen LogP contribution in [0.4, 0.5) is 4.39 Å². The van der Waals surface area contributed by atoms with Gasteiger partial charge < -0.3 is 10.1 Å². The summed E-state index contributed by atoms with van der Waals surface area (Å²) < 4.78 is 19.6. The van der Waals surface area contributed by atoms with Crippen molar-refractivity contribution in [3.8, 4) is 11.6 Å². The first-order valence-electron chi connectivity index (χ1n) is 6.53. The second-order valence-corrected chi connectivity index (χ2v) is 5.77. The van der Waals surface area contributed by atoms with E-state index in [1.54, 1.807) is 12.3 Å². The predicted molar refractivity (Wildman–Crippen MR) is 85.5 cm³/mol. The molecule has 1 unspecified atom stereocenters. The summed E-state index contributed by atoms with van der Waals surface area (Å²) in [6.07, 6.45) is 1.74. The van der Waals surface area contributed by atoms with E-state index in [1.807, 2.05) is 13.0 Å². The van der Waals surface area contributed by atoms with Crippen molar-refractivity contribution in [2.24, 2.45) is 0 Å². The van der Waals surface area contributed by atoms with Crippen LogP contribution in [0.3, 0.4) is 0 Å². The van der Waals surface area contributed by atoms with Crippen LogP contribution in [-0.4, -0.2) is 11.5 Å². The van der Waals surface area contributed by atoms with Gasteiger partial charge in [-0.2, -0.15) is 0 Å². The quantitative estimate of drug-likeness (QED) is 0.740. The van der Waals surface area contributed by atoms with Crippen molar-refractivity contribution in [1.82, 2.24) is 10.3 Å². The standard InChI is InChI=1S/C15H15BrClFN2O/c1-3-19-9(2)10-4-5-15(20-8-10)21-14-7-13(18)12(17)6-11(14)16/h4-9,19H,3H2,1-2H3. The Morgan fingerprint density at radius 2 is 2.19 bits per heavy atom. The van der Waals surface area contributed by atoms with Crippen LogP contribution in [0, 0.1) is 5.82 Å². The lowest BCUT2D eigenvalue weighted by molar-refractivity contribution is 0.454. The molecule has 2 rings (SSSR count). The Morgan fingerprint density at radius 1 is 1.43 bits per heavy atom. The van der Waals surface area contributed by atoms with E-state index >= 15 is 0 Å². The van der Waals surface area contributed by atoms with Gasteiger partial charge in [0.25, 0.3) is 0 Å². The fraction of sp³-hybridized carbons (Fsp3) is 0.267. The number of rotatable bonds is 5. The monoisotopic (exact) mass is 372 g/mol. The molecule has 0 saturated heterocycles. The molecule has 2 aromatic rings. The van der Waals surface area contributed by atoms with Gasteiger partial charge in [-0.3, -0.25) is 0 Å². The molecular formula is C15H15BrClFN2O. The van der Waals surface area contributed by atoms with Gasteiger partial charge in [0.2, 0.25) is 5.88 Å². The average Bonchev–Trinajstić information content (AvgIpc) is 2.46. The van der Waals surface area contributed by atoms with Crippen LogP contribution in [0.2, 0.25) is 5.02 Å². The maximum Gasteiger partial charge on any atom is 0.219 e. The van der Waals surface area contributed by atoms with Crippen molar-refractivity contribution in [1.29, 1.82) is 0 Å². The molecule has 1 N–H and O–H groups in total. The largest absolute Gasteiger partial charge is 0.438 e. The summed E-state index contributed by atoms with van der Waals surface area (Å²) in [7, 11) is 0. The lowest BCUT2D eigenvalue weighted by atomic mass is 10.1. The van der Waals surface area contributed by atoms with Crippen LogP contribution < -0.4 is 10.1 Å². The summed E-state index contributed by atoms with van der Waals surface area (Å²) in [5.41, 5.74) is 1.06. The van der Waals surface area contributed by atoms with E-state index in [4.69, 9.17) is 16.3 Å². The maximum absolute atomic E-state index is 13.5. The molecule has 0 bridgehead atoms. The fourth-order valence-corrected chi connectivity index (χ4v) is 2.55. The Bertz CT molecular complexity index is 622. The molecule has 0 saturated carbocycles. The molecule has 0 aliphatic carbocycles. The zero-order valence-electron chi connectivity index (χ0n) is 11.7. The van der Waals surface area contributed by atoms with Gasteiger partial charge in [0.15, 0.2) is 0 Å². The third-order valence-electron chi connectivity index (χ3n) is 2.96. The Morgan fingerprint density at radius 3 is 2.81 bits per heavy atom. The molecule has 1 heterocycles. The molecule has 3 nitrogen and oxygen atoms in total. The molecule has 0 aliphatic rings. The summed E-state index contributed by atoms with van der Waals surface area (Å²) in [6.45, 7) is 5.00. The van der Waals surface area contributed by atoms with Gasteiger partial charge in [-0.25, -0.2) is 9.37 Å². The zero-order chi connectivity index (χ0) is 15.4. The van der Waals surface area contributed by atoms with Gasteiger partial charge in [0.1, 0.15) is 11.6 Å². The predicted octanol–water partition coefficient (Wildman–Crippen LogP) is 5.10. The van der Waals surface area contributed by atoms with Crippen LogP contribution in [0.1, 0.15) is 25.5 Å². The molecule has 21 heavy (non-hydrogen) atoms. The summed E-state index contributed by atoms with van der Waals surface area (Å²) in [5, 5.41) is 3.34. The van der Waals surface area contributed by atoms with E-state index in [2.05, 4.69) is 33.2 Å². The number of aromatic nitrogens is 1. The van der Waals surface area contributed by atoms with Crippen LogP contribution in [-0.2, 0) is 0 Å². The van der Waals surface area contributed by atoms with E-state index in [1.165, 1.54) is 12.1 Å². The number of hydrogen-bond acceptors (Lipinski definition) is 3. The van der Waals surface area contributed by atoms with Crippen molar-refractivity contribution in [2.45, 2.75) is 19.9 Å². The Kier molecular flexibility index (Phi) is 5.56. The highest BCUT2D eigenvalue weighted by Crippen LogP contribution is 2.33. The molecule has 112 valence electrons. The van der Waals surface area contributed by atoms with Crippen molar-refractivity contribution in [2.75, 3.05) is 6.54 Å². The van der Waals surface area contributed by atoms with E-state index in [0.29, 0.717) is 16.1 Å². The minimum Gasteiger partial charge on any atom is -0.438 e. The molecule has 0 fully saturated rings. The van der Waals surface area contributed by atoms with Crippen LogP contribution in [0.25, 0.3) is 0 Å². The van der Waals surface area contributed by atoms with Gasteiger partial charge >= 0.3 is 0 Å². The minimum absolute atomic E-state index is 0.0389. The van der Waals surface area contributed by atoms with Gasteiger partial charge in [0.05, 0.1) is 9.50 Å². The first-order chi connectivity index (χ1) is 10.0. The fourth-order valence-electron chi connectivity index (χ4n) is 1.83. The van der Waals surface area contributed by atoms with Crippen molar-refractivity contribution in [3.63, 3.8) is 0 Å². The smallest absolute Gasteiger partial charge is 0.219 e. The number of pyridine rings is 1. The first-order valence-corrected chi connectivity index (χ1v) is 7.70. The number of hydrogen-bond donors (Lipinski definition) is 1. The normalized spacial score (nSPS) is 12.2. The van der Waals surface area contributed by atoms with Crippen LogP contribution in [0.5, 0.6) is 11.6 Å². The highest BCUT2D eigenvalue weighted by molar-refractivity contribution is 9.10. The second kappa shape index (κ2) is 7.20. The van der Waals surface area contributed by atoms with E-state index < -0.39 is 5.82 Å². The van der Waals surface area contributed by atoms with Gasteiger partial charge in [-0.05, 0) is 41.0 Å². The Balaban J connectivity index is 2.15. The van der Waals surface area contributed by atoms with Crippen molar-refractivity contribution >= 4 is 27.5 Å². The van der Waals surface area contributed by atoms with E-state index in [0.717, 1.165) is 12.1 Å². The second-order valence-electron chi connectivity index (χ2n) is 4.51. The molecule has 0 spiro atoms. The number of ether oxygens (including phenoxy) is 1. The van der Waals surface area contributed by atoms with E-state index in [-0.39, 0.29) is 11.1 Å². The number of nitrogens with zero attached hydrogens (tertiary/aromatic N) is 1. The van der Waals surface area contributed by atoms with Gasteiger partial charge in [-0.1, -0.05) is 24.6 Å². The summed E-state index contributed by atoms with van der Waals surface area (Å²) in [4.78, 5) is 4.23. The molecule has 1 aromatic carbocycles. The maximum atomic E-state index is 13.5. The summed E-state index contributed by atoms with van der Waals surface area (Å²) in [6, 6.07) is 6.57.